The number of anilines is 1. The van der Waals surface area contributed by atoms with E-state index >= 15 is 0 Å². The number of nitrogens with zero attached hydrogens (tertiary/aromatic N) is 4. The molecule has 0 unspecified atom stereocenters. The van der Waals surface area contributed by atoms with Gasteiger partial charge in [-0.05, 0) is 36.2 Å². The molecule has 2 N–H and O–H groups in total. The van der Waals surface area contributed by atoms with E-state index in [4.69, 9.17) is 9.47 Å². The second-order valence-electron chi connectivity index (χ2n) is 6.14. The summed E-state index contributed by atoms with van der Waals surface area (Å²) in [6.07, 6.45) is 2.58. The minimum Gasteiger partial charge on any atom is -0.493 e. The van der Waals surface area contributed by atoms with Crippen molar-refractivity contribution in [1.82, 2.24) is 20.2 Å². The summed E-state index contributed by atoms with van der Waals surface area (Å²) in [5.74, 6) is 1.54. The van der Waals surface area contributed by atoms with E-state index in [9.17, 15) is 0 Å². The molecule has 0 atom stereocenters. The first-order valence-corrected chi connectivity index (χ1v) is 8.88. The van der Waals surface area contributed by atoms with Gasteiger partial charge < -0.3 is 14.5 Å². The van der Waals surface area contributed by atoms with Gasteiger partial charge in [-0.3, -0.25) is 0 Å². The van der Waals surface area contributed by atoms with Crippen molar-refractivity contribution < 1.29 is 9.47 Å². The summed E-state index contributed by atoms with van der Waals surface area (Å²) in [5.41, 5.74) is 7.21. The number of para-hydroxylation sites is 1. The summed E-state index contributed by atoms with van der Waals surface area (Å²) in [6, 6.07) is 11.8. The molecule has 0 aliphatic heterocycles. The minimum absolute atomic E-state index is 0.299. The van der Waals surface area contributed by atoms with Crippen LogP contribution in [-0.2, 0) is 6.42 Å². The highest BCUT2D eigenvalue weighted by molar-refractivity contribution is 6.03. The van der Waals surface area contributed by atoms with Gasteiger partial charge in [0.15, 0.2) is 17.1 Å². The van der Waals surface area contributed by atoms with Crippen molar-refractivity contribution in [1.29, 1.82) is 0 Å². The number of hydrazone groups is 1. The maximum absolute atomic E-state index is 5.39. The zero-order valence-electron chi connectivity index (χ0n) is 15.9. The topological polar surface area (TPSA) is 97.3 Å². The van der Waals surface area contributed by atoms with Gasteiger partial charge in [0.25, 0.3) is 5.95 Å². The monoisotopic (exact) mass is 376 g/mol. The number of fused-ring (bicyclic) bond motifs is 3. The molecule has 0 aliphatic carbocycles. The third kappa shape index (κ3) is 3.20. The highest BCUT2D eigenvalue weighted by Crippen LogP contribution is 2.29. The number of nitrogens with one attached hydrogen (secondary N) is 2. The molecule has 4 aromatic rings. The molecule has 0 amide bonds. The fourth-order valence-electron chi connectivity index (χ4n) is 3.06. The Kier molecular flexibility index (Phi) is 4.76. The molecule has 0 spiro atoms. The molecule has 0 aliphatic rings. The molecule has 28 heavy (non-hydrogen) atoms. The fourth-order valence-corrected chi connectivity index (χ4v) is 3.06. The van der Waals surface area contributed by atoms with Gasteiger partial charge in [-0.15, -0.1) is 10.2 Å². The van der Waals surface area contributed by atoms with E-state index in [1.807, 2.05) is 24.3 Å². The van der Waals surface area contributed by atoms with E-state index in [1.54, 1.807) is 20.4 Å². The Hall–Kier alpha value is -3.68. The molecule has 0 radical (unpaired) electrons. The van der Waals surface area contributed by atoms with Crippen molar-refractivity contribution in [3.63, 3.8) is 0 Å². The van der Waals surface area contributed by atoms with Gasteiger partial charge in [-0.25, -0.2) is 5.43 Å². The molecule has 0 saturated carbocycles. The smallest absolute Gasteiger partial charge is 0.265 e. The Morgan fingerprint density at radius 3 is 2.82 bits per heavy atom. The highest BCUT2D eigenvalue weighted by atomic mass is 16.5. The van der Waals surface area contributed by atoms with Crippen LogP contribution in [0.25, 0.3) is 22.1 Å². The molecule has 2 heterocycles. The number of hydrogen-bond donors (Lipinski definition) is 2. The molecule has 0 fully saturated rings. The fraction of sp³-hybridized carbons (Fsp3) is 0.200. The van der Waals surface area contributed by atoms with Gasteiger partial charge in [0.1, 0.15) is 5.52 Å². The van der Waals surface area contributed by atoms with E-state index in [0.29, 0.717) is 23.1 Å². The lowest BCUT2D eigenvalue weighted by Gasteiger charge is -2.09. The van der Waals surface area contributed by atoms with Crippen LogP contribution in [0.2, 0.25) is 0 Å². The molecule has 0 bridgehead atoms. The molecule has 0 saturated heterocycles. The number of aromatic nitrogens is 4. The quantitative estimate of drug-likeness (QED) is 0.395. The summed E-state index contributed by atoms with van der Waals surface area (Å²) in [5, 5.41) is 13.7. The lowest BCUT2D eigenvalue weighted by Crippen LogP contribution is -2.00. The molecule has 2 aromatic carbocycles. The summed E-state index contributed by atoms with van der Waals surface area (Å²) >= 11 is 0. The number of aryl methyl sites for hydroxylation is 1. The zero-order chi connectivity index (χ0) is 19.5. The van der Waals surface area contributed by atoms with E-state index in [0.717, 1.165) is 28.4 Å². The minimum atomic E-state index is 0.299. The van der Waals surface area contributed by atoms with Crippen LogP contribution in [-0.4, -0.2) is 40.6 Å². The van der Waals surface area contributed by atoms with E-state index in [2.05, 4.69) is 49.7 Å². The van der Waals surface area contributed by atoms with Crippen molar-refractivity contribution in [2.75, 3.05) is 19.6 Å². The molecule has 8 nitrogen and oxygen atoms in total. The summed E-state index contributed by atoms with van der Waals surface area (Å²) in [6.45, 7) is 2.12. The first-order chi connectivity index (χ1) is 13.7. The van der Waals surface area contributed by atoms with E-state index in [1.165, 1.54) is 5.56 Å². The van der Waals surface area contributed by atoms with Crippen molar-refractivity contribution in [3.05, 3.63) is 47.5 Å². The summed E-state index contributed by atoms with van der Waals surface area (Å²) < 4.78 is 10.7. The number of benzene rings is 2. The predicted octanol–water partition coefficient (Wildman–Crippen LogP) is 3.53. The average Bonchev–Trinajstić information content (AvgIpc) is 3.10. The second-order valence-corrected chi connectivity index (χ2v) is 6.14. The highest BCUT2D eigenvalue weighted by Gasteiger charge is 2.10. The predicted molar refractivity (Wildman–Crippen MR) is 109 cm³/mol. The Morgan fingerprint density at radius 2 is 2.04 bits per heavy atom. The lowest BCUT2D eigenvalue weighted by molar-refractivity contribution is 0.354. The van der Waals surface area contributed by atoms with Gasteiger partial charge in [0.05, 0.1) is 20.4 Å². The van der Waals surface area contributed by atoms with Gasteiger partial charge >= 0.3 is 0 Å². The number of rotatable bonds is 6. The number of methoxy groups -OCH3 is 2. The maximum atomic E-state index is 5.39. The van der Waals surface area contributed by atoms with Crippen LogP contribution >= 0.6 is 0 Å². The Labute approximate surface area is 161 Å². The van der Waals surface area contributed by atoms with Crippen molar-refractivity contribution >= 4 is 34.2 Å². The standard InChI is InChI=1S/C20H20N6O2/c1-4-12-8-9-15-14(10-12)17-19(22-15)23-20(26-24-17)25-21-11-13-6-5-7-16(27-2)18(13)28-3/h5-11H,4H2,1-3H3,(H2,22,23,25,26)/b21-11+. The Bertz CT molecular complexity index is 1170. The van der Waals surface area contributed by atoms with E-state index < -0.39 is 0 Å². The molecule has 8 heteroatoms. The van der Waals surface area contributed by atoms with Crippen molar-refractivity contribution in [2.45, 2.75) is 13.3 Å². The van der Waals surface area contributed by atoms with Gasteiger partial charge in [0.2, 0.25) is 0 Å². The summed E-state index contributed by atoms with van der Waals surface area (Å²) in [4.78, 5) is 7.73. The van der Waals surface area contributed by atoms with Gasteiger partial charge in [-0.1, -0.05) is 19.1 Å². The van der Waals surface area contributed by atoms with E-state index in [-0.39, 0.29) is 0 Å². The molecule has 142 valence electrons. The SMILES string of the molecule is CCc1ccc2[nH]c3nc(N/N=C/c4cccc(OC)c4OC)nnc3c2c1. The van der Waals surface area contributed by atoms with Gasteiger partial charge in [0, 0.05) is 16.5 Å². The van der Waals surface area contributed by atoms with Crippen LogP contribution in [0.5, 0.6) is 11.5 Å². The first kappa shape index (κ1) is 17.7. The molecule has 4 rings (SSSR count). The Morgan fingerprint density at radius 1 is 1.14 bits per heavy atom. The number of hydrogen-bond acceptors (Lipinski definition) is 7. The van der Waals surface area contributed by atoms with Crippen LogP contribution in [0, 0.1) is 0 Å². The normalized spacial score (nSPS) is 11.4. The number of ether oxygens (including phenoxy) is 2. The van der Waals surface area contributed by atoms with Crippen molar-refractivity contribution in [2.24, 2.45) is 5.10 Å². The van der Waals surface area contributed by atoms with Crippen LogP contribution in [0.4, 0.5) is 5.95 Å². The van der Waals surface area contributed by atoms with Crippen LogP contribution in [0.15, 0.2) is 41.5 Å². The van der Waals surface area contributed by atoms with Crippen LogP contribution in [0.3, 0.4) is 0 Å². The van der Waals surface area contributed by atoms with Crippen LogP contribution in [0.1, 0.15) is 18.1 Å². The zero-order valence-corrected chi connectivity index (χ0v) is 15.9. The third-order valence-corrected chi connectivity index (χ3v) is 4.49. The maximum Gasteiger partial charge on any atom is 0.265 e. The van der Waals surface area contributed by atoms with Gasteiger partial charge in [-0.2, -0.15) is 10.1 Å². The van der Waals surface area contributed by atoms with Crippen molar-refractivity contribution in [3.8, 4) is 11.5 Å². The molecule has 2 aromatic heterocycles. The Balaban J connectivity index is 1.60. The number of aromatic amines is 1. The molecular weight excluding hydrogens is 356 g/mol. The third-order valence-electron chi connectivity index (χ3n) is 4.49. The van der Waals surface area contributed by atoms with Crippen LogP contribution < -0.4 is 14.9 Å². The lowest BCUT2D eigenvalue weighted by atomic mass is 10.1. The first-order valence-electron chi connectivity index (χ1n) is 8.88. The number of H-pyrrole nitrogens is 1. The second kappa shape index (κ2) is 7.51. The summed E-state index contributed by atoms with van der Waals surface area (Å²) in [7, 11) is 3.18. The molecular formula is C20H20N6O2. The average molecular weight is 376 g/mol. The largest absolute Gasteiger partial charge is 0.493 e.